The molecule has 0 radical (unpaired) electrons. The van der Waals surface area contributed by atoms with Gasteiger partial charge in [-0.1, -0.05) is 12.1 Å². The molecule has 0 fully saturated rings. The minimum Gasteiger partial charge on any atom is -0.265 e. The first kappa shape index (κ1) is 8.59. The molecule has 3 heteroatoms. The molecule has 3 nitrogen and oxygen atoms in total. The first-order valence-corrected chi connectivity index (χ1v) is 3.65. The van der Waals surface area contributed by atoms with Gasteiger partial charge in [0.05, 0.1) is 0 Å². The lowest BCUT2D eigenvalue weighted by molar-refractivity contribution is 0.0990. The molecule has 62 valence electrons. The van der Waals surface area contributed by atoms with Crippen LogP contribution in [0.3, 0.4) is 0 Å². The highest BCUT2D eigenvalue weighted by molar-refractivity contribution is 5.95. The lowest BCUT2D eigenvalue weighted by Crippen LogP contribution is -1.98. The van der Waals surface area contributed by atoms with Crippen LogP contribution in [0.2, 0.25) is 0 Å². The van der Waals surface area contributed by atoms with Crippen LogP contribution in [-0.2, 0) is 0 Å². The SMILES string of the molecule is Cc1cccc(C(=O)N=N)c1C. The Kier molecular flexibility index (Phi) is 2.33. The summed E-state index contributed by atoms with van der Waals surface area (Å²) in [5.41, 5.74) is 9.05. The van der Waals surface area contributed by atoms with E-state index in [2.05, 4.69) is 5.11 Å². The highest BCUT2D eigenvalue weighted by atomic mass is 16.1. The molecule has 1 rings (SSSR count). The fourth-order valence-electron chi connectivity index (χ4n) is 1.04. The highest BCUT2D eigenvalue weighted by Gasteiger charge is 2.07. The quantitative estimate of drug-likeness (QED) is 0.633. The Morgan fingerprint density at radius 3 is 2.67 bits per heavy atom. The van der Waals surface area contributed by atoms with E-state index >= 15 is 0 Å². The Morgan fingerprint density at radius 2 is 2.08 bits per heavy atom. The van der Waals surface area contributed by atoms with Gasteiger partial charge in [-0.25, -0.2) is 5.53 Å². The van der Waals surface area contributed by atoms with E-state index in [0.29, 0.717) is 5.56 Å². The summed E-state index contributed by atoms with van der Waals surface area (Å²) in [7, 11) is 0. The van der Waals surface area contributed by atoms with E-state index in [1.807, 2.05) is 19.9 Å². The average molecular weight is 162 g/mol. The maximum absolute atomic E-state index is 11.0. The van der Waals surface area contributed by atoms with Crippen molar-refractivity contribution in [2.24, 2.45) is 5.11 Å². The second-order valence-corrected chi connectivity index (χ2v) is 2.66. The number of carbonyl (C=O) groups is 1. The molecule has 0 saturated heterocycles. The fourth-order valence-corrected chi connectivity index (χ4v) is 1.04. The molecule has 0 spiro atoms. The van der Waals surface area contributed by atoms with Crippen LogP contribution in [0.4, 0.5) is 0 Å². The van der Waals surface area contributed by atoms with Gasteiger partial charge in [0.15, 0.2) is 0 Å². The summed E-state index contributed by atoms with van der Waals surface area (Å²) in [6.45, 7) is 3.78. The van der Waals surface area contributed by atoms with Crippen LogP contribution < -0.4 is 0 Å². The number of hydrogen-bond donors (Lipinski definition) is 1. The molecule has 1 amide bonds. The minimum absolute atomic E-state index is 0.476. The Morgan fingerprint density at radius 1 is 1.42 bits per heavy atom. The predicted molar refractivity (Wildman–Crippen MR) is 45.4 cm³/mol. The van der Waals surface area contributed by atoms with Crippen molar-refractivity contribution in [2.45, 2.75) is 13.8 Å². The molecule has 0 saturated carbocycles. The number of nitrogens with zero attached hydrogens (tertiary/aromatic N) is 1. The zero-order chi connectivity index (χ0) is 9.14. The van der Waals surface area contributed by atoms with Crippen LogP contribution in [0.1, 0.15) is 21.5 Å². The summed E-state index contributed by atoms with van der Waals surface area (Å²) in [5.74, 6) is -0.476. The molecule has 0 atom stereocenters. The summed E-state index contributed by atoms with van der Waals surface area (Å²) in [4.78, 5) is 11.0. The second kappa shape index (κ2) is 3.26. The summed E-state index contributed by atoms with van der Waals surface area (Å²) in [5, 5.41) is 2.87. The molecular formula is C9H10N2O. The van der Waals surface area contributed by atoms with Crippen molar-refractivity contribution >= 4 is 5.91 Å². The summed E-state index contributed by atoms with van der Waals surface area (Å²) < 4.78 is 0. The molecule has 0 bridgehead atoms. The van der Waals surface area contributed by atoms with Crippen LogP contribution in [0.25, 0.3) is 0 Å². The van der Waals surface area contributed by atoms with Gasteiger partial charge in [0, 0.05) is 5.56 Å². The summed E-state index contributed by atoms with van der Waals surface area (Å²) in [6.07, 6.45) is 0. The molecular weight excluding hydrogens is 152 g/mol. The van der Waals surface area contributed by atoms with E-state index in [-0.39, 0.29) is 0 Å². The van der Waals surface area contributed by atoms with Gasteiger partial charge in [-0.3, -0.25) is 4.79 Å². The Balaban J connectivity index is 3.25. The number of nitrogens with one attached hydrogen (secondary N) is 1. The molecule has 1 N–H and O–H groups in total. The van der Waals surface area contributed by atoms with Gasteiger partial charge in [0.1, 0.15) is 0 Å². The van der Waals surface area contributed by atoms with Gasteiger partial charge in [-0.05, 0) is 31.0 Å². The number of carbonyl (C=O) groups excluding carboxylic acids is 1. The monoisotopic (exact) mass is 162 g/mol. The molecule has 0 aliphatic rings. The van der Waals surface area contributed by atoms with Gasteiger partial charge in [-0.2, -0.15) is 0 Å². The van der Waals surface area contributed by atoms with Gasteiger partial charge in [0.2, 0.25) is 0 Å². The lowest BCUT2D eigenvalue weighted by atomic mass is 10.0. The number of benzene rings is 1. The van der Waals surface area contributed by atoms with Crippen molar-refractivity contribution in [1.82, 2.24) is 0 Å². The Labute approximate surface area is 70.9 Å². The number of amides is 1. The molecule has 1 aromatic carbocycles. The predicted octanol–water partition coefficient (Wildman–Crippen LogP) is 2.47. The lowest BCUT2D eigenvalue weighted by Gasteiger charge is -2.02. The second-order valence-electron chi connectivity index (χ2n) is 2.66. The first-order valence-electron chi connectivity index (χ1n) is 3.65. The number of hydrogen-bond acceptors (Lipinski definition) is 2. The Hall–Kier alpha value is -1.51. The van der Waals surface area contributed by atoms with Gasteiger partial charge >= 0.3 is 0 Å². The summed E-state index contributed by atoms with van der Waals surface area (Å²) >= 11 is 0. The molecule has 0 aliphatic heterocycles. The molecule has 0 unspecified atom stereocenters. The standard InChI is InChI=1S/C9H10N2O/c1-6-4-3-5-8(7(6)2)9(12)11-10/h3-5,10H,1-2H3. The van der Waals surface area contributed by atoms with Gasteiger partial charge in [-0.15, -0.1) is 5.11 Å². The van der Waals surface area contributed by atoms with Crippen LogP contribution in [-0.4, -0.2) is 5.91 Å². The van der Waals surface area contributed by atoms with Gasteiger partial charge < -0.3 is 0 Å². The third-order valence-corrected chi connectivity index (χ3v) is 1.94. The van der Waals surface area contributed by atoms with Crippen molar-refractivity contribution < 1.29 is 4.79 Å². The van der Waals surface area contributed by atoms with Crippen molar-refractivity contribution in [2.75, 3.05) is 0 Å². The normalized spacial score (nSPS) is 9.50. The first-order chi connectivity index (χ1) is 5.66. The maximum atomic E-state index is 11.0. The van der Waals surface area contributed by atoms with E-state index in [4.69, 9.17) is 5.53 Å². The van der Waals surface area contributed by atoms with E-state index < -0.39 is 5.91 Å². The van der Waals surface area contributed by atoms with E-state index in [1.54, 1.807) is 12.1 Å². The minimum atomic E-state index is -0.476. The molecule has 12 heavy (non-hydrogen) atoms. The molecule has 1 aromatic rings. The molecule has 0 aliphatic carbocycles. The number of aryl methyl sites for hydroxylation is 1. The van der Waals surface area contributed by atoms with E-state index in [1.165, 1.54) is 0 Å². The van der Waals surface area contributed by atoms with Crippen molar-refractivity contribution in [3.05, 3.63) is 34.9 Å². The van der Waals surface area contributed by atoms with Crippen molar-refractivity contribution in [3.63, 3.8) is 0 Å². The molecule has 0 aromatic heterocycles. The van der Waals surface area contributed by atoms with Crippen LogP contribution in [0, 0.1) is 19.4 Å². The van der Waals surface area contributed by atoms with Crippen LogP contribution >= 0.6 is 0 Å². The largest absolute Gasteiger partial charge is 0.295 e. The fraction of sp³-hybridized carbons (Fsp3) is 0.222. The highest BCUT2D eigenvalue weighted by Crippen LogP contribution is 2.13. The summed E-state index contributed by atoms with van der Waals surface area (Å²) in [6, 6.07) is 5.40. The molecule has 0 heterocycles. The Bertz CT molecular complexity index is 331. The van der Waals surface area contributed by atoms with Gasteiger partial charge in [0.25, 0.3) is 5.91 Å². The van der Waals surface area contributed by atoms with Crippen molar-refractivity contribution in [3.8, 4) is 0 Å². The van der Waals surface area contributed by atoms with E-state index in [9.17, 15) is 4.79 Å². The number of rotatable bonds is 1. The third-order valence-electron chi connectivity index (χ3n) is 1.94. The van der Waals surface area contributed by atoms with Crippen molar-refractivity contribution in [1.29, 1.82) is 5.53 Å². The van der Waals surface area contributed by atoms with Crippen LogP contribution in [0.5, 0.6) is 0 Å². The topological polar surface area (TPSA) is 53.3 Å². The maximum Gasteiger partial charge on any atom is 0.295 e. The van der Waals surface area contributed by atoms with Crippen LogP contribution in [0.15, 0.2) is 23.3 Å². The zero-order valence-electron chi connectivity index (χ0n) is 7.09. The smallest absolute Gasteiger partial charge is 0.265 e. The van der Waals surface area contributed by atoms with E-state index in [0.717, 1.165) is 11.1 Å². The average Bonchev–Trinajstić information content (AvgIpc) is 2.08. The third kappa shape index (κ3) is 1.39. The zero-order valence-corrected chi connectivity index (χ0v) is 7.09.